The number of nitrogens with zero attached hydrogens (tertiary/aromatic N) is 2. The standard InChI is InChI=1S/C6H2F4N2O2/c7-2-1-3(5(9)10)11-6(4(2)8)12(13)14/h1,5H. The molecule has 0 N–H and O–H groups in total. The summed E-state index contributed by atoms with van der Waals surface area (Å²) in [5.74, 6) is -5.11. The van der Waals surface area contributed by atoms with E-state index in [9.17, 15) is 27.7 Å². The van der Waals surface area contributed by atoms with Gasteiger partial charge in [0.2, 0.25) is 5.69 Å². The molecule has 1 aromatic heterocycles. The Morgan fingerprint density at radius 2 is 2.00 bits per heavy atom. The summed E-state index contributed by atoms with van der Waals surface area (Å²) in [7, 11) is 0. The van der Waals surface area contributed by atoms with Crippen LogP contribution >= 0.6 is 0 Å². The van der Waals surface area contributed by atoms with Gasteiger partial charge in [-0.1, -0.05) is 0 Å². The number of rotatable bonds is 2. The van der Waals surface area contributed by atoms with Crippen LogP contribution in [-0.2, 0) is 0 Å². The van der Waals surface area contributed by atoms with Crippen LogP contribution in [0.25, 0.3) is 0 Å². The van der Waals surface area contributed by atoms with Gasteiger partial charge >= 0.3 is 12.2 Å². The second-order valence-electron chi connectivity index (χ2n) is 2.22. The Hall–Kier alpha value is -1.73. The van der Waals surface area contributed by atoms with Crippen LogP contribution in [0.4, 0.5) is 23.4 Å². The van der Waals surface area contributed by atoms with Gasteiger partial charge in [0, 0.05) is 6.07 Å². The number of hydrogen-bond acceptors (Lipinski definition) is 3. The maximum Gasteiger partial charge on any atom is 0.403 e. The van der Waals surface area contributed by atoms with Crippen LogP contribution in [0.3, 0.4) is 0 Å². The lowest BCUT2D eigenvalue weighted by Gasteiger charge is -1.97. The number of halogens is 4. The van der Waals surface area contributed by atoms with Crippen LogP contribution in [0.15, 0.2) is 6.07 Å². The lowest BCUT2D eigenvalue weighted by atomic mass is 10.3. The zero-order chi connectivity index (χ0) is 10.9. The third-order valence-electron chi connectivity index (χ3n) is 1.31. The first kappa shape index (κ1) is 10.4. The topological polar surface area (TPSA) is 56.0 Å². The van der Waals surface area contributed by atoms with Crippen LogP contribution in [0.5, 0.6) is 0 Å². The number of hydrogen-bond donors (Lipinski definition) is 0. The van der Waals surface area contributed by atoms with Crippen molar-refractivity contribution in [3.63, 3.8) is 0 Å². The molecule has 76 valence electrons. The van der Waals surface area contributed by atoms with Gasteiger partial charge < -0.3 is 10.1 Å². The lowest BCUT2D eigenvalue weighted by Crippen LogP contribution is -2.03. The van der Waals surface area contributed by atoms with Crippen molar-refractivity contribution in [2.24, 2.45) is 0 Å². The molecule has 0 aliphatic heterocycles. The van der Waals surface area contributed by atoms with E-state index in [-0.39, 0.29) is 6.07 Å². The van der Waals surface area contributed by atoms with E-state index >= 15 is 0 Å². The molecule has 0 saturated heterocycles. The first-order valence-electron chi connectivity index (χ1n) is 3.22. The zero-order valence-corrected chi connectivity index (χ0v) is 6.38. The molecule has 0 spiro atoms. The Labute approximate surface area is 74.3 Å². The van der Waals surface area contributed by atoms with Gasteiger partial charge in [0.05, 0.1) is 0 Å². The van der Waals surface area contributed by atoms with Gasteiger partial charge in [0.15, 0.2) is 5.82 Å². The first-order valence-corrected chi connectivity index (χ1v) is 3.22. The van der Waals surface area contributed by atoms with Gasteiger partial charge in [0.1, 0.15) is 0 Å². The van der Waals surface area contributed by atoms with Crippen LogP contribution in [0.1, 0.15) is 12.1 Å². The molecule has 1 heterocycles. The highest BCUT2D eigenvalue weighted by atomic mass is 19.3. The number of nitro groups is 1. The average Bonchev–Trinajstić information content (AvgIpc) is 2.08. The van der Waals surface area contributed by atoms with Crippen molar-refractivity contribution in [1.82, 2.24) is 4.98 Å². The van der Waals surface area contributed by atoms with E-state index in [1.54, 1.807) is 0 Å². The van der Waals surface area contributed by atoms with E-state index in [2.05, 4.69) is 4.98 Å². The normalized spacial score (nSPS) is 10.6. The molecule has 0 bridgehead atoms. The summed E-state index contributed by atoms with van der Waals surface area (Å²) >= 11 is 0. The van der Waals surface area contributed by atoms with Gasteiger partial charge in [-0.2, -0.15) is 4.39 Å². The second kappa shape index (κ2) is 3.56. The van der Waals surface area contributed by atoms with Gasteiger partial charge in [-0.25, -0.2) is 13.2 Å². The Balaban J connectivity index is 3.35. The molecule has 8 heteroatoms. The van der Waals surface area contributed by atoms with E-state index in [0.717, 1.165) is 0 Å². The third-order valence-corrected chi connectivity index (χ3v) is 1.31. The van der Waals surface area contributed by atoms with Crippen molar-refractivity contribution in [2.75, 3.05) is 0 Å². The maximum absolute atomic E-state index is 12.6. The summed E-state index contributed by atoms with van der Waals surface area (Å²) in [4.78, 5) is 11.3. The predicted octanol–water partition coefficient (Wildman–Crippen LogP) is 2.21. The molecule has 0 fully saturated rings. The predicted molar refractivity (Wildman–Crippen MR) is 35.8 cm³/mol. The van der Waals surface area contributed by atoms with Crippen LogP contribution < -0.4 is 0 Å². The Kier molecular flexibility index (Phi) is 2.63. The minimum Gasteiger partial charge on any atom is -0.358 e. The molecule has 0 aliphatic rings. The number of aromatic nitrogens is 1. The smallest absolute Gasteiger partial charge is 0.358 e. The van der Waals surface area contributed by atoms with E-state index in [4.69, 9.17) is 0 Å². The van der Waals surface area contributed by atoms with Crippen molar-refractivity contribution in [1.29, 1.82) is 0 Å². The number of pyridine rings is 1. The lowest BCUT2D eigenvalue weighted by molar-refractivity contribution is -0.392. The summed E-state index contributed by atoms with van der Waals surface area (Å²) < 4.78 is 49.0. The molecule has 0 amide bonds. The van der Waals surface area contributed by atoms with Gasteiger partial charge in [-0.3, -0.25) is 0 Å². The molecular weight excluding hydrogens is 208 g/mol. The van der Waals surface area contributed by atoms with Crippen LogP contribution in [0.2, 0.25) is 0 Å². The zero-order valence-electron chi connectivity index (χ0n) is 6.38. The van der Waals surface area contributed by atoms with Crippen molar-refractivity contribution >= 4 is 5.82 Å². The minimum absolute atomic E-state index is 0.118. The molecule has 4 nitrogen and oxygen atoms in total. The SMILES string of the molecule is O=[N+]([O-])c1nc(C(F)F)cc(F)c1F. The molecule has 0 radical (unpaired) electrons. The quantitative estimate of drug-likeness (QED) is 0.427. The molecule has 0 atom stereocenters. The third kappa shape index (κ3) is 1.78. The fourth-order valence-electron chi connectivity index (χ4n) is 0.736. The van der Waals surface area contributed by atoms with Crippen molar-refractivity contribution in [3.05, 3.63) is 33.5 Å². The minimum atomic E-state index is -3.19. The average molecular weight is 210 g/mol. The molecule has 0 aromatic carbocycles. The molecule has 1 rings (SSSR count). The van der Waals surface area contributed by atoms with Gasteiger partial charge in [0.25, 0.3) is 5.82 Å². The van der Waals surface area contributed by atoms with E-state index < -0.39 is 34.5 Å². The molecule has 0 saturated carbocycles. The summed E-state index contributed by atoms with van der Waals surface area (Å²) in [6.45, 7) is 0. The Morgan fingerprint density at radius 1 is 1.43 bits per heavy atom. The highest BCUT2D eigenvalue weighted by Crippen LogP contribution is 2.23. The molecule has 0 unspecified atom stereocenters. The summed E-state index contributed by atoms with van der Waals surface area (Å²) in [6.07, 6.45) is -3.19. The van der Waals surface area contributed by atoms with Crippen molar-refractivity contribution in [3.8, 4) is 0 Å². The van der Waals surface area contributed by atoms with Gasteiger partial charge in [-0.15, -0.1) is 0 Å². The Bertz CT molecular complexity index is 382. The second-order valence-corrected chi connectivity index (χ2v) is 2.22. The van der Waals surface area contributed by atoms with Crippen molar-refractivity contribution in [2.45, 2.75) is 6.43 Å². The highest BCUT2D eigenvalue weighted by molar-refractivity contribution is 5.26. The monoisotopic (exact) mass is 210 g/mol. The highest BCUT2D eigenvalue weighted by Gasteiger charge is 2.26. The fourth-order valence-corrected chi connectivity index (χ4v) is 0.736. The first-order chi connectivity index (χ1) is 6.43. The maximum atomic E-state index is 12.6. The van der Waals surface area contributed by atoms with Crippen molar-refractivity contribution < 1.29 is 22.5 Å². The van der Waals surface area contributed by atoms with Gasteiger partial charge in [-0.05, 0) is 9.91 Å². The Morgan fingerprint density at radius 3 is 2.43 bits per heavy atom. The molecule has 14 heavy (non-hydrogen) atoms. The fraction of sp³-hybridized carbons (Fsp3) is 0.167. The number of alkyl halides is 2. The molecule has 0 aliphatic carbocycles. The van der Waals surface area contributed by atoms with E-state index in [1.807, 2.05) is 0 Å². The largest absolute Gasteiger partial charge is 0.403 e. The molecular formula is C6H2F4N2O2. The summed E-state index contributed by atoms with van der Waals surface area (Å²) in [5.41, 5.74) is -1.17. The summed E-state index contributed by atoms with van der Waals surface area (Å²) in [5, 5.41) is 10.0. The summed E-state index contributed by atoms with van der Waals surface area (Å²) in [6, 6.07) is 0.118. The van der Waals surface area contributed by atoms with E-state index in [1.165, 1.54) is 0 Å². The van der Waals surface area contributed by atoms with Crippen LogP contribution in [0, 0.1) is 21.7 Å². The van der Waals surface area contributed by atoms with Crippen LogP contribution in [-0.4, -0.2) is 9.91 Å². The van der Waals surface area contributed by atoms with E-state index in [0.29, 0.717) is 0 Å². The molecule has 1 aromatic rings.